The molecule has 0 radical (unpaired) electrons. The van der Waals surface area contributed by atoms with E-state index in [0.717, 1.165) is 57.9 Å². The minimum Gasteiger partial charge on any atom is -0.508 e. The highest BCUT2D eigenvalue weighted by Crippen LogP contribution is 2.65. The van der Waals surface area contributed by atoms with Gasteiger partial charge in [0.25, 0.3) is 0 Å². The molecule has 3 aliphatic carbocycles. The number of terminal acetylenes is 1. The van der Waals surface area contributed by atoms with Gasteiger partial charge in [0.2, 0.25) is 0 Å². The Balaban J connectivity index is 1.24. The SMILES string of the molecule is C#C[C@]1(O)CC[C@H]2[C@@H]3[C@H](CCCCCN(C)CCCS(=O)(=O)CCCC(F)(F)C(F)(F)F)Cc4cc(O)ccc4[C@H]3CC[C@@]21C. The number of aromatic hydroxyl groups is 1. The van der Waals surface area contributed by atoms with Gasteiger partial charge in [0.05, 0.1) is 11.5 Å². The second-order valence-electron chi connectivity index (χ2n) is 14.1. The third kappa shape index (κ3) is 7.81. The number of hydrogen-bond acceptors (Lipinski definition) is 5. The number of fused-ring (bicyclic) bond motifs is 5. The first-order valence-corrected chi connectivity index (χ1v) is 18.1. The molecule has 0 amide bonds. The predicted molar refractivity (Wildman–Crippen MR) is 165 cm³/mol. The van der Waals surface area contributed by atoms with Gasteiger partial charge in [0.15, 0.2) is 0 Å². The van der Waals surface area contributed by atoms with Crippen molar-refractivity contribution in [1.29, 1.82) is 0 Å². The molecule has 11 heteroatoms. The predicted octanol–water partition coefficient (Wildman–Crippen LogP) is 7.11. The van der Waals surface area contributed by atoms with Crippen LogP contribution in [0.3, 0.4) is 0 Å². The van der Waals surface area contributed by atoms with Crippen LogP contribution in [0, 0.1) is 35.5 Å². The average molecular weight is 662 g/mol. The van der Waals surface area contributed by atoms with Crippen molar-refractivity contribution in [1.82, 2.24) is 4.90 Å². The Morgan fingerprint density at radius 2 is 1.71 bits per heavy atom. The number of hydrogen-bond donors (Lipinski definition) is 2. The summed E-state index contributed by atoms with van der Waals surface area (Å²) in [5, 5.41) is 21.6. The second-order valence-corrected chi connectivity index (χ2v) is 16.4. The fourth-order valence-electron chi connectivity index (χ4n) is 8.70. The maximum Gasteiger partial charge on any atom is 0.453 e. The molecule has 0 saturated heterocycles. The van der Waals surface area contributed by atoms with Crippen LogP contribution in [0.1, 0.15) is 94.6 Å². The van der Waals surface area contributed by atoms with Gasteiger partial charge in [0.1, 0.15) is 21.2 Å². The zero-order valence-corrected chi connectivity index (χ0v) is 27.2. The summed E-state index contributed by atoms with van der Waals surface area (Å²) in [6.45, 7) is 3.43. The normalized spacial score (nSPS) is 30.0. The van der Waals surface area contributed by atoms with Crippen LogP contribution in [0.2, 0.25) is 0 Å². The largest absolute Gasteiger partial charge is 0.508 e. The number of nitrogens with zero attached hydrogens (tertiary/aromatic N) is 1. The number of benzene rings is 1. The van der Waals surface area contributed by atoms with E-state index in [1.807, 2.05) is 18.0 Å². The standard InChI is InChI=1S/C34H48F5NO4S/c1-4-32(42)17-14-29-30-24(22-25-23-26(41)11-12-27(25)28(30)13-16-31(29,32)2)10-6-5-7-18-40(3)19-9-21-45(43,44)20-8-15-33(35,36)34(37,38)39/h1,11-12,23-24,28-30,41-42H,5-10,13-22H2,2-3H3/t24-,28-,29+,30-,31+,32+/m1/s1. The van der Waals surface area contributed by atoms with Gasteiger partial charge in [-0.05, 0) is 125 Å². The van der Waals surface area contributed by atoms with Crippen LogP contribution in [0.4, 0.5) is 22.0 Å². The molecule has 0 bridgehead atoms. The fraction of sp³-hybridized carbons (Fsp3) is 0.765. The van der Waals surface area contributed by atoms with Gasteiger partial charge in [0, 0.05) is 11.8 Å². The van der Waals surface area contributed by atoms with Gasteiger partial charge >= 0.3 is 12.1 Å². The zero-order chi connectivity index (χ0) is 33.3. The number of phenols is 1. The Morgan fingerprint density at radius 3 is 2.40 bits per heavy atom. The van der Waals surface area contributed by atoms with Crippen molar-refractivity contribution in [2.45, 2.75) is 108 Å². The van der Waals surface area contributed by atoms with Gasteiger partial charge in [-0.2, -0.15) is 22.0 Å². The Kier molecular flexibility index (Phi) is 10.9. The van der Waals surface area contributed by atoms with Crippen molar-refractivity contribution in [2.75, 3.05) is 31.6 Å². The highest BCUT2D eigenvalue weighted by atomic mass is 32.2. The van der Waals surface area contributed by atoms with E-state index in [1.165, 1.54) is 11.1 Å². The maximum absolute atomic E-state index is 13.0. The van der Waals surface area contributed by atoms with E-state index in [9.17, 15) is 40.6 Å². The lowest BCUT2D eigenvalue weighted by Crippen LogP contribution is -2.52. The lowest BCUT2D eigenvalue weighted by Gasteiger charge is -2.54. The summed E-state index contributed by atoms with van der Waals surface area (Å²) >= 11 is 0. The minimum atomic E-state index is -5.67. The van der Waals surface area contributed by atoms with Crippen molar-refractivity contribution < 1.29 is 40.6 Å². The first-order chi connectivity index (χ1) is 20.9. The van der Waals surface area contributed by atoms with Crippen molar-refractivity contribution in [3.63, 3.8) is 0 Å². The lowest BCUT2D eigenvalue weighted by atomic mass is 9.50. The molecule has 2 N–H and O–H groups in total. The van der Waals surface area contributed by atoms with Crippen LogP contribution < -0.4 is 0 Å². The van der Waals surface area contributed by atoms with Crippen molar-refractivity contribution in [3.8, 4) is 18.1 Å². The molecular formula is C34H48F5NO4S. The van der Waals surface area contributed by atoms with Gasteiger partial charge < -0.3 is 15.1 Å². The minimum absolute atomic E-state index is 0.245. The summed E-state index contributed by atoms with van der Waals surface area (Å²) in [5.74, 6) is -1.19. The van der Waals surface area contributed by atoms with E-state index >= 15 is 0 Å². The number of phenolic OH excluding ortho intramolecular Hbond substituents is 1. The molecule has 2 saturated carbocycles. The molecule has 1 aromatic rings. The van der Waals surface area contributed by atoms with E-state index in [4.69, 9.17) is 6.42 Å². The molecule has 3 aliphatic rings. The number of rotatable bonds is 14. The highest BCUT2D eigenvalue weighted by Gasteiger charge is 2.62. The second kappa shape index (κ2) is 13.7. The van der Waals surface area contributed by atoms with Crippen molar-refractivity contribution >= 4 is 9.84 Å². The molecule has 0 unspecified atom stereocenters. The summed E-state index contributed by atoms with van der Waals surface area (Å²) < 4.78 is 87.3. The van der Waals surface area contributed by atoms with E-state index in [0.29, 0.717) is 36.6 Å². The molecule has 5 nitrogen and oxygen atoms in total. The summed E-state index contributed by atoms with van der Waals surface area (Å²) in [6.07, 6.45) is 6.50. The maximum atomic E-state index is 13.0. The molecule has 0 heterocycles. The molecular weight excluding hydrogens is 613 g/mol. The summed E-state index contributed by atoms with van der Waals surface area (Å²) in [6, 6.07) is 5.77. The van der Waals surface area contributed by atoms with Gasteiger partial charge in [-0.15, -0.1) is 6.42 Å². The van der Waals surface area contributed by atoms with E-state index in [2.05, 4.69) is 18.9 Å². The molecule has 0 aromatic heterocycles. The molecule has 2 fully saturated rings. The van der Waals surface area contributed by atoms with Crippen LogP contribution in [-0.4, -0.2) is 72.9 Å². The molecule has 4 rings (SSSR count). The quantitative estimate of drug-likeness (QED) is 0.126. The number of halogens is 5. The van der Waals surface area contributed by atoms with Crippen LogP contribution in [0.5, 0.6) is 5.75 Å². The van der Waals surface area contributed by atoms with Crippen LogP contribution in [0.15, 0.2) is 18.2 Å². The molecule has 254 valence electrons. The smallest absolute Gasteiger partial charge is 0.453 e. The van der Waals surface area contributed by atoms with Gasteiger partial charge in [-0.1, -0.05) is 31.8 Å². The molecule has 6 atom stereocenters. The van der Waals surface area contributed by atoms with Gasteiger partial charge in [-0.3, -0.25) is 0 Å². The Bertz CT molecular complexity index is 1330. The molecule has 45 heavy (non-hydrogen) atoms. The first kappa shape index (κ1) is 35.9. The van der Waals surface area contributed by atoms with E-state index in [-0.39, 0.29) is 23.3 Å². The number of unbranched alkanes of at least 4 members (excludes halogenated alkanes) is 2. The third-order valence-electron chi connectivity index (χ3n) is 11.2. The topological polar surface area (TPSA) is 77.8 Å². The fourth-order valence-corrected chi connectivity index (χ4v) is 10.1. The van der Waals surface area contributed by atoms with E-state index < -0.39 is 46.1 Å². The van der Waals surface area contributed by atoms with E-state index in [1.54, 1.807) is 6.07 Å². The van der Waals surface area contributed by atoms with Crippen molar-refractivity contribution in [3.05, 3.63) is 29.3 Å². The lowest BCUT2D eigenvalue weighted by molar-refractivity contribution is -0.284. The molecule has 0 spiro atoms. The van der Waals surface area contributed by atoms with Crippen molar-refractivity contribution in [2.24, 2.45) is 23.2 Å². The number of sulfone groups is 1. The summed E-state index contributed by atoms with van der Waals surface area (Å²) in [5.41, 5.74) is 1.17. The van der Waals surface area contributed by atoms with Crippen LogP contribution >= 0.6 is 0 Å². The summed E-state index contributed by atoms with van der Waals surface area (Å²) in [7, 11) is -1.82. The number of alkyl halides is 5. The molecule has 0 aliphatic heterocycles. The number of aliphatic hydroxyl groups is 1. The average Bonchev–Trinajstić information content (AvgIpc) is 3.22. The Labute approximate surface area is 264 Å². The Morgan fingerprint density at radius 1 is 1.02 bits per heavy atom. The zero-order valence-electron chi connectivity index (χ0n) is 26.4. The monoisotopic (exact) mass is 661 g/mol. The molecule has 1 aromatic carbocycles. The first-order valence-electron chi connectivity index (χ1n) is 16.3. The summed E-state index contributed by atoms with van der Waals surface area (Å²) in [4.78, 5) is 2.02. The van der Waals surface area contributed by atoms with Crippen LogP contribution in [-0.2, 0) is 16.3 Å². The third-order valence-corrected chi connectivity index (χ3v) is 13.1. The van der Waals surface area contributed by atoms with Gasteiger partial charge in [-0.25, -0.2) is 8.42 Å². The Hall–Kier alpha value is -1.90. The highest BCUT2D eigenvalue weighted by molar-refractivity contribution is 7.91. The van der Waals surface area contributed by atoms with Crippen LogP contribution in [0.25, 0.3) is 0 Å².